The molecule has 2 aliphatic rings. The first-order valence-corrected chi connectivity index (χ1v) is 5.92. The van der Waals surface area contributed by atoms with Crippen molar-refractivity contribution in [3.05, 3.63) is 11.6 Å². The van der Waals surface area contributed by atoms with E-state index in [0.717, 1.165) is 45.4 Å². The van der Waals surface area contributed by atoms with Crippen molar-refractivity contribution in [3.63, 3.8) is 0 Å². The molecule has 1 fully saturated rings. The quantitative estimate of drug-likeness (QED) is 0.656. The van der Waals surface area contributed by atoms with Crippen molar-refractivity contribution in [2.24, 2.45) is 5.92 Å². The van der Waals surface area contributed by atoms with E-state index in [1.165, 1.54) is 5.57 Å². The average molecular weight is 208 g/mol. The minimum atomic E-state index is 0.227. The molecule has 0 unspecified atom stereocenters. The third kappa shape index (κ3) is 2.59. The maximum Gasteiger partial charge on any atom is 0.227 e. The maximum absolute atomic E-state index is 12.2. The number of amides is 1. The number of nitrogens with one attached hydrogen (secondary N) is 1. The lowest BCUT2D eigenvalue weighted by Crippen LogP contribution is -2.44. The lowest BCUT2D eigenvalue weighted by Gasteiger charge is -2.31. The zero-order chi connectivity index (χ0) is 10.7. The summed E-state index contributed by atoms with van der Waals surface area (Å²) in [5.74, 6) is 0.583. The van der Waals surface area contributed by atoms with Crippen LogP contribution in [0.15, 0.2) is 11.6 Å². The Morgan fingerprint density at radius 1 is 1.60 bits per heavy atom. The van der Waals surface area contributed by atoms with Crippen LogP contribution in [0, 0.1) is 5.92 Å². The highest BCUT2D eigenvalue weighted by molar-refractivity contribution is 5.79. The standard InChI is InChI=1S/C12H20N2O/c1-10-4-3-7-14(9-10)12(15)11-5-2-6-13-8-11/h4,11,13H,2-3,5-9H2,1H3/t11-/m0/s1. The molecule has 1 atom stereocenters. The van der Waals surface area contributed by atoms with E-state index in [0.29, 0.717) is 5.91 Å². The van der Waals surface area contributed by atoms with Gasteiger partial charge in [0.15, 0.2) is 0 Å². The van der Waals surface area contributed by atoms with Gasteiger partial charge in [-0.15, -0.1) is 0 Å². The van der Waals surface area contributed by atoms with Gasteiger partial charge in [-0.05, 0) is 32.7 Å². The molecule has 84 valence electrons. The van der Waals surface area contributed by atoms with E-state index in [1.807, 2.05) is 4.90 Å². The summed E-state index contributed by atoms with van der Waals surface area (Å²) in [6.45, 7) is 5.81. The van der Waals surface area contributed by atoms with E-state index in [-0.39, 0.29) is 5.92 Å². The SMILES string of the molecule is CC1=CCCN(C(=O)[C@H]2CCCNC2)C1. The number of rotatable bonds is 1. The van der Waals surface area contributed by atoms with Crippen LogP contribution >= 0.6 is 0 Å². The summed E-state index contributed by atoms with van der Waals surface area (Å²) in [6, 6.07) is 0. The molecule has 0 spiro atoms. The Hall–Kier alpha value is -0.830. The Bertz CT molecular complexity index is 267. The molecule has 0 radical (unpaired) electrons. The van der Waals surface area contributed by atoms with E-state index < -0.39 is 0 Å². The highest BCUT2D eigenvalue weighted by Crippen LogP contribution is 2.17. The molecule has 3 heteroatoms. The first-order valence-electron chi connectivity index (χ1n) is 5.92. The maximum atomic E-state index is 12.2. The van der Waals surface area contributed by atoms with Gasteiger partial charge in [-0.1, -0.05) is 11.6 Å². The van der Waals surface area contributed by atoms with Gasteiger partial charge >= 0.3 is 0 Å². The molecule has 1 saturated heterocycles. The number of hydrogen-bond donors (Lipinski definition) is 1. The molecule has 0 aromatic carbocycles. The minimum Gasteiger partial charge on any atom is -0.338 e. The molecule has 2 rings (SSSR count). The van der Waals surface area contributed by atoms with Crippen LogP contribution in [0.1, 0.15) is 26.2 Å². The molecule has 0 bridgehead atoms. The highest BCUT2D eigenvalue weighted by Gasteiger charge is 2.26. The van der Waals surface area contributed by atoms with E-state index in [4.69, 9.17) is 0 Å². The molecule has 1 amide bonds. The lowest BCUT2D eigenvalue weighted by molar-refractivity contribution is -0.135. The smallest absolute Gasteiger partial charge is 0.227 e. The summed E-state index contributed by atoms with van der Waals surface area (Å²) in [5, 5.41) is 3.30. The van der Waals surface area contributed by atoms with Gasteiger partial charge in [0.25, 0.3) is 0 Å². The van der Waals surface area contributed by atoms with Crippen LogP contribution in [-0.2, 0) is 4.79 Å². The molecular formula is C12H20N2O. The lowest BCUT2D eigenvalue weighted by atomic mass is 9.97. The Labute approximate surface area is 91.5 Å². The molecule has 2 aliphatic heterocycles. The normalized spacial score (nSPS) is 27.4. The van der Waals surface area contributed by atoms with Crippen molar-refractivity contribution in [1.82, 2.24) is 10.2 Å². The van der Waals surface area contributed by atoms with Gasteiger partial charge in [0.05, 0.1) is 5.92 Å². The summed E-state index contributed by atoms with van der Waals surface area (Å²) in [6.07, 6.45) is 5.46. The van der Waals surface area contributed by atoms with E-state index >= 15 is 0 Å². The third-order valence-electron chi connectivity index (χ3n) is 3.29. The fourth-order valence-corrected chi connectivity index (χ4v) is 2.42. The van der Waals surface area contributed by atoms with Gasteiger partial charge in [0.2, 0.25) is 5.91 Å². The van der Waals surface area contributed by atoms with Gasteiger partial charge < -0.3 is 10.2 Å². The second-order valence-corrected chi connectivity index (χ2v) is 4.64. The fraction of sp³-hybridized carbons (Fsp3) is 0.750. The Morgan fingerprint density at radius 3 is 3.13 bits per heavy atom. The van der Waals surface area contributed by atoms with Crippen LogP contribution in [-0.4, -0.2) is 37.0 Å². The van der Waals surface area contributed by atoms with Crippen molar-refractivity contribution in [1.29, 1.82) is 0 Å². The van der Waals surface area contributed by atoms with E-state index in [9.17, 15) is 4.79 Å². The molecular weight excluding hydrogens is 188 g/mol. The second-order valence-electron chi connectivity index (χ2n) is 4.64. The highest BCUT2D eigenvalue weighted by atomic mass is 16.2. The van der Waals surface area contributed by atoms with Crippen LogP contribution in [0.3, 0.4) is 0 Å². The monoisotopic (exact) mass is 208 g/mol. The van der Waals surface area contributed by atoms with Gasteiger partial charge in [0.1, 0.15) is 0 Å². The Balaban J connectivity index is 1.92. The van der Waals surface area contributed by atoms with Gasteiger partial charge in [-0.25, -0.2) is 0 Å². The summed E-state index contributed by atoms with van der Waals surface area (Å²) >= 11 is 0. The molecule has 3 nitrogen and oxygen atoms in total. The van der Waals surface area contributed by atoms with Gasteiger partial charge in [-0.3, -0.25) is 4.79 Å². The summed E-state index contributed by atoms with van der Waals surface area (Å²) in [4.78, 5) is 14.2. The zero-order valence-electron chi connectivity index (χ0n) is 9.46. The number of carbonyl (C=O) groups excluding carboxylic acids is 1. The zero-order valence-corrected chi connectivity index (χ0v) is 9.46. The fourth-order valence-electron chi connectivity index (χ4n) is 2.42. The first-order chi connectivity index (χ1) is 7.27. The number of nitrogens with zero attached hydrogens (tertiary/aromatic N) is 1. The van der Waals surface area contributed by atoms with Gasteiger partial charge in [0, 0.05) is 19.6 Å². The molecule has 1 N–H and O–H groups in total. The molecule has 15 heavy (non-hydrogen) atoms. The van der Waals surface area contributed by atoms with Crippen LogP contribution < -0.4 is 5.32 Å². The minimum absolute atomic E-state index is 0.227. The summed E-state index contributed by atoms with van der Waals surface area (Å²) in [7, 11) is 0. The van der Waals surface area contributed by atoms with Gasteiger partial charge in [-0.2, -0.15) is 0 Å². The Morgan fingerprint density at radius 2 is 2.47 bits per heavy atom. The largest absolute Gasteiger partial charge is 0.338 e. The Kier molecular flexibility index (Phi) is 3.41. The number of hydrogen-bond acceptors (Lipinski definition) is 2. The van der Waals surface area contributed by atoms with Crippen LogP contribution in [0.4, 0.5) is 0 Å². The molecule has 2 heterocycles. The summed E-state index contributed by atoms with van der Waals surface area (Å²) < 4.78 is 0. The first kappa shape index (κ1) is 10.7. The second kappa shape index (κ2) is 4.79. The number of carbonyl (C=O) groups is 1. The van der Waals surface area contributed by atoms with Crippen LogP contribution in [0.2, 0.25) is 0 Å². The predicted molar refractivity (Wildman–Crippen MR) is 60.5 cm³/mol. The molecule has 0 saturated carbocycles. The topological polar surface area (TPSA) is 32.3 Å². The molecule has 0 aromatic rings. The third-order valence-corrected chi connectivity index (χ3v) is 3.29. The van der Waals surface area contributed by atoms with Crippen molar-refractivity contribution in [2.45, 2.75) is 26.2 Å². The van der Waals surface area contributed by atoms with Crippen LogP contribution in [0.25, 0.3) is 0 Å². The van der Waals surface area contributed by atoms with Crippen molar-refractivity contribution < 1.29 is 4.79 Å². The molecule has 0 aliphatic carbocycles. The number of piperidine rings is 1. The average Bonchev–Trinajstić information content (AvgIpc) is 2.29. The van der Waals surface area contributed by atoms with Crippen molar-refractivity contribution in [3.8, 4) is 0 Å². The van der Waals surface area contributed by atoms with E-state index in [1.54, 1.807) is 0 Å². The van der Waals surface area contributed by atoms with Crippen molar-refractivity contribution >= 4 is 5.91 Å². The van der Waals surface area contributed by atoms with E-state index in [2.05, 4.69) is 18.3 Å². The van der Waals surface area contributed by atoms with Crippen LogP contribution in [0.5, 0.6) is 0 Å². The molecule has 0 aromatic heterocycles. The summed E-state index contributed by atoms with van der Waals surface area (Å²) in [5.41, 5.74) is 1.33. The predicted octanol–water partition coefficient (Wildman–Crippen LogP) is 1.16. The van der Waals surface area contributed by atoms with Crippen molar-refractivity contribution in [2.75, 3.05) is 26.2 Å².